The molecule has 0 aromatic heterocycles. The molecule has 2 aliphatic carbocycles. The Morgan fingerprint density at radius 1 is 1.53 bits per heavy atom. The van der Waals surface area contributed by atoms with Crippen molar-refractivity contribution in [2.24, 2.45) is 23.7 Å². The highest BCUT2D eigenvalue weighted by molar-refractivity contribution is 14.1. The van der Waals surface area contributed by atoms with Crippen molar-refractivity contribution in [2.45, 2.75) is 49.2 Å². The van der Waals surface area contributed by atoms with Crippen LogP contribution in [0.4, 0.5) is 0 Å². The van der Waals surface area contributed by atoms with Crippen molar-refractivity contribution in [3.05, 3.63) is 0 Å². The van der Waals surface area contributed by atoms with Gasteiger partial charge in [0.2, 0.25) is 0 Å². The standard InChI is InChI=1S/C14H19IO4/c1-4-14(3,15)13(17)19-10-7-5-8-9(6(7)2)12(16)18-11(8)10/h6-11H,4-5H2,1-3H3. The number of esters is 2. The van der Waals surface area contributed by atoms with Crippen LogP contribution in [0.25, 0.3) is 0 Å². The van der Waals surface area contributed by atoms with E-state index in [2.05, 4.69) is 29.5 Å². The first-order chi connectivity index (χ1) is 8.86. The first-order valence-corrected chi connectivity index (χ1v) is 8.05. The maximum atomic E-state index is 12.2. The van der Waals surface area contributed by atoms with Gasteiger partial charge in [-0.3, -0.25) is 9.59 Å². The maximum Gasteiger partial charge on any atom is 0.322 e. The summed E-state index contributed by atoms with van der Waals surface area (Å²) in [6.45, 7) is 5.95. The van der Waals surface area contributed by atoms with Gasteiger partial charge in [-0.1, -0.05) is 36.4 Å². The minimum atomic E-state index is -0.495. The van der Waals surface area contributed by atoms with E-state index in [0.29, 0.717) is 5.92 Å². The number of carbonyl (C=O) groups is 2. The lowest BCUT2D eigenvalue weighted by molar-refractivity contribution is -0.163. The molecule has 2 saturated carbocycles. The van der Waals surface area contributed by atoms with Crippen LogP contribution in [0.5, 0.6) is 0 Å². The van der Waals surface area contributed by atoms with Crippen molar-refractivity contribution in [1.29, 1.82) is 0 Å². The summed E-state index contributed by atoms with van der Waals surface area (Å²) < 4.78 is 10.7. The summed E-state index contributed by atoms with van der Waals surface area (Å²) in [6, 6.07) is 0. The van der Waals surface area contributed by atoms with Crippen LogP contribution in [-0.2, 0) is 19.1 Å². The van der Waals surface area contributed by atoms with Gasteiger partial charge in [-0.05, 0) is 25.7 Å². The average molecular weight is 378 g/mol. The fourth-order valence-corrected chi connectivity index (χ4v) is 4.02. The number of hydrogen-bond donors (Lipinski definition) is 0. The van der Waals surface area contributed by atoms with Crippen molar-refractivity contribution in [3.8, 4) is 0 Å². The molecule has 0 N–H and O–H groups in total. The average Bonchev–Trinajstić information content (AvgIpc) is 2.93. The molecule has 3 aliphatic rings. The zero-order chi connectivity index (χ0) is 13.9. The Bertz CT molecular complexity index is 433. The molecule has 19 heavy (non-hydrogen) atoms. The molecule has 1 aliphatic heterocycles. The Morgan fingerprint density at radius 3 is 2.84 bits per heavy atom. The maximum absolute atomic E-state index is 12.2. The van der Waals surface area contributed by atoms with Crippen LogP contribution in [-0.4, -0.2) is 27.6 Å². The second kappa shape index (κ2) is 4.33. The number of halogens is 1. The highest BCUT2D eigenvalue weighted by Crippen LogP contribution is 2.58. The molecule has 0 spiro atoms. The van der Waals surface area contributed by atoms with Gasteiger partial charge >= 0.3 is 11.9 Å². The van der Waals surface area contributed by atoms with Crippen molar-refractivity contribution < 1.29 is 19.1 Å². The molecule has 3 rings (SSSR count). The van der Waals surface area contributed by atoms with E-state index < -0.39 is 3.42 Å². The topological polar surface area (TPSA) is 52.6 Å². The highest BCUT2D eigenvalue weighted by atomic mass is 127. The SMILES string of the molecule is CCC(C)(I)C(=O)OC1C2CC3C1OC(=O)C3C2C. The largest absolute Gasteiger partial charge is 0.458 e. The molecule has 5 heteroatoms. The number of hydrogen-bond acceptors (Lipinski definition) is 4. The zero-order valence-electron chi connectivity index (χ0n) is 11.4. The van der Waals surface area contributed by atoms with Crippen LogP contribution in [0.2, 0.25) is 0 Å². The smallest absolute Gasteiger partial charge is 0.322 e. The van der Waals surface area contributed by atoms with E-state index in [9.17, 15) is 9.59 Å². The first kappa shape index (κ1) is 13.6. The van der Waals surface area contributed by atoms with Crippen LogP contribution < -0.4 is 0 Å². The predicted molar refractivity (Wildman–Crippen MR) is 76.7 cm³/mol. The van der Waals surface area contributed by atoms with Crippen molar-refractivity contribution in [3.63, 3.8) is 0 Å². The fraction of sp³-hybridized carbons (Fsp3) is 0.857. The Morgan fingerprint density at radius 2 is 2.21 bits per heavy atom. The molecule has 7 atom stereocenters. The molecule has 7 unspecified atom stereocenters. The molecule has 0 amide bonds. The molecular formula is C14H19IO4. The number of rotatable bonds is 3. The molecule has 1 saturated heterocycles. The normalized spacial score (nSPS) is 46.0. The molecule has 1 heterocycles. The first-order valence-electron chi connectivity index (χ1n) is 6.97. The minimum Gasteiger partial charge on any atom is -0.458 e. The van der Waals surface area contributed by atoms with Crippen LogP contribution in [0.1, 0.15) is 33.6 Å². The van der Waals surface area contributed by atoms with E-state index in [-0.39, 0.29) is 41.9 Å². The highest BCUT2D eigenvalue weighted by Gasteiger charge is 2.66. The van der Waals surface area contributed by atoms with Gasteiger partial charge in [0.1, 0.15) is 15.6 Å². The van der Waals surface area contributed by atoms with Gasteiger partial charge in [0.25, 0.3) is 0 Å². The summed E-state index contributed by atoms with van der Waals surface area (Å²) in [5, 5.41) is 0. The van der Waals surface area contributed by atoms with Gasteiger partial charge in [-0.15, -0.1) is 0 Å². The van der Waals surface area contributed by atoms with E-state index in [1.165, 1.54) is 0 Å². The second-order valence-corrected chi connectivity index (χ2v) is 8.65. The van der Waals surface area contributed by atoms with Crippen molar-refractivity contribution in [1.82, 2.24) is 0 Å². The zero-order valence-corrected chi connectivity index (χ0v) is 13.5. The Balaban J connectivity index is 1.78. The lowest BCUT2D eigenvalue weighted by Crippen LogP contribution is -2.43. The Kier molecular flexibility index (Phi) is 3.11. The Labute approximate surface area is 126 Å². The van der Waals surface area contributed by atoms with Gasteiger partial charge in [0, 0.05) is 11.8 Å². The molecule has 0 aromatic rings. The molecular weight excluding hydrogens is 359 g/mol. The van der Waals surface area contributed by atoms with Gasteiger partial charge < -0.3 is 9.47 Å². The predicted octanol–water partition coefficient (Wildman–Crippen LogP) is 2.33. The molecule has 0 radical (unpaired) electrons. The summed E-state index contributed by atoms with van der Waals surface area (Å²) in [6.07, 6.45) is 1.28. The summed E-state index contributed by atoms with van der Waals surface area (Å²) in [5.41, 5.74) is 0. The van der Waals surface area contributed by atoms with Gasteiger partial charge in [0.15, 0.2) is 0 Å². The molecule has 3 fully saturated rings. The van der Waals surface area contributed by atoms with E-state index in [4.69, 9.17) is 9.47 Å². The number of alkyl halides is 1. The third kappa shape index (κ3) is 1.83. The Hall–Kier alpha value is -0.330. The van der Waals surface area contributed by atoms with Gasteiger partial charge in [0.05, 0.1) is 5.92 Å². The van der Waals surface area contributed by atoms with Gasteiger partial charge in [-0.25, -0.2) is 0 Å². The van der Waals surface area contributed by atoms with Crippen molar-refractivity contribution in [2.75, 3.05) is 0 Å². The molecule has 0 aromatic carbocycles. The summed E-state index contributed by atoms with van der Waals surface area (Å²) in [7, 11) is 0. The third-order valence-corrected chi connectivity index (χ3v) is 6.48. The van der Waals surface area contributed by atoms with E-state index in [1.54, 1.807) is 0 Å². The fourth-order valence-electron chi connectivity index (χ4n) is 3.89. The molecule has 106 valence electrons. The monoisotopic (exact) mass is 378 g/mol. The summed E-state index contributed by atoms with van der Waals surface area (Å²) in [5.74, 6) is 0.612. The van der Waals surface area contributed by atoms with Crippen molar-refractivity contribution >= 4 is 34.5 Å². The number of ether oxygens (including phenoxy) is 2. The minimum absolute atomic E-state index is 0.0436. The number of fused-ring (bicyclic) bond motifs is 1. The van der Waals surface area contributed by atoms with Crippen LogP contribution in [0, 0.1) is 23.7 Å². The van der Waals surface area contributed by atoms with Crippen LogP contribution in [0.3, 0.4) is 0 Å². The van der Waals surface area contributed by atoms with E-state index in [1.807, 2.05) is 13.8 Å². The number of carbonyl (C=O) groups excluding carboxylic acids is 2. The molecule has 4 nitrogen and oxygen atoms in total. The summed E-state index contributed by atoms with van der Waals surface area (Å²) in [4.78, 5) is 24.0. The van der Waals surface area contributed by atoms with Crippen LogP contribution in [0.15, 0.2) is 0 Å². The van der Waals surface area contributed by atoms with E-state index in [0.717, 1.165) is 12.8 Å². The van der Waals surface area contributed by atoms with E-state index >= 15 is 0 Å². The molecule has 2 bridgehead atoms. The third-order valence-electron chi connectivity index (χ3n) is 5.27. The van der Waals surface area contributed by atoms with Crippen LogP contribution >= 0.6 is 22.6 Å². The van der Waals surface area contributed by atoms with Gasteiger partial charge in [-0.2, -0.15) is 0 Å². The lowest BCUT2D eigenvalue weighted by Gasteiger charge is -2.31. The quantitative estimate of drug-likeness (QED) is 0.430. The lowest BCUT2D eigenvalue weighted by atomic mass is 9.79. The second-order valence-electron chi connectivity index (χ2n) is 6.27. The summed E-state index contributed by atoms with van der Waals surface area (Å²) >= 11 is 2.14.